The second-order valence-electron chi connectivity index (χ2n) is 36.1. The Labute approximate surface area is 742 Å². The molecule has 2 aliphatic heterocycles. The summed E-state index contributed by atoms with van der Waals surface area (Å²) in [5.41, 5.74) is 16.7. The topological polar surface area (TPSA) is 6.25 Å². The van der Waals surface area contributed by atoms with Crippen molar-refractivity contribution in [2.45, 2.75) is 395 Å². The lowest BCUT2D eigenvalue weighted by molar-refractivity contribution is -0.438. The Morgan fingerprint density at radius 2 is 0.632 bits per heavy atom. The van der Waals surface area contributed by atoms with Crippen molar-refractivity contribution >= 4 is 109 Å². The Morgan fingerprint density at radius 1 is 0.308 bits per heavy atom. The van der Waals surface area contributed by atoms with Crippen LogP contribution in [0.15, 0.2) is 109 Å². The largest absolute Gasteiger partial charge is 0.364 e. The van der Waals surface area contributed by atoms with Crippen molar-refractivity contribution in [3.63, 3.8) is 0 Å². The summed E-state index contributed by atoms with van der Waals surface area (Å²) in [5.74, 6) is 0. The average molecular weight is 1700 g/mol. The first kappa shape index (κ1) is 93.0. The zero-order valence-corrected chi connectivity index (χ0v) is 81.0. The Hall–Kier alpha value is -4.71. The van der Waals surface area contributed by atoms with E-state index in [1.807, 2.05) is 0 Å². The summed E-state index contributed by atoms with van der Waals surface area (Å²) in [6.45, 7) is 30.9. The third kappa shape index (κ3) is 25.5. The summed E-state index contributed by atoms with van der Waals surface area (Å²) in [4.78, 5) is 23.8. The van der Waals surface area contributed by atoms with Crippen LogP contribution >= 0.6 is 79.4 Å². The molecule has 9 heteroatoms. The Kier molecular flexibility index (Phi) is 38.9. The number of hydrogen-bond acceptors (Lipinski definition) is 8. The van der Waals surface area contributed by atoms with E-state index in [1.165, 1.54) is 344 Å². The number of anilines is 1. The first-order valence-electron chi connectivity index (χ1n) is 48.1. The third-order valence-electron chi connectivity index (χ3n) is 25.8. The molecule has 9 heterocycles. The van der Waals surface area contributed by atoms with Crippen molar-refractivity contribution in [3.05, 3.63) is 163 Å². The van der Waals surface area contributed by atoms with Crippen LogP contribution < -0.4 is 4.90 Å². The zero-order chi connectivity index (χ0) is 82.2. The van der Waals surface area contributed by atoms with E-state index in [1.54, 1.807) is 43.1 Å². The molecule has 9 aromatic rings. The van der Waals surface area contributed by atoms with E-state index in [0.29, 0.717) is 6.04 Å². The molecular weight excluding hydrogens is 1550 g/mol. The van der Waals surface area contributed by atoms with E-state index in [2.05, 4.69) is 293 Å². The molecule has 0 radical (unpaired) electrons. The van der Waals surface area contributed by atoms with E-state index < -0.39 is 0 Å². The number of nitrogens with zero attached hydrogens (tertiary/aromatic N) is 2. The first-order chi connectivity index (χ1) is 57.3. The molecule has 0 amide bonds. The van der Waals surface area contributed by atoms with Crippen LogP contribution in [0.25, 0.3) is 70.7 Å². The summed E-state index contributed by atoms with van der Waals surface area (Å²) in [7, 11) is 0. The van der Waals surface area contributed by atoms with E-state index in [0.717, 1.165) is 51.6 Å². The lowest BCUT2D eigenvalue weighted by Gasteiger charge is -2.32. The minimum Gasteiger partial charge on any atom is -0.364 e. The molecule has 117 heavy (non-hydrogen) atoms. The van der Waals surface area contributed by atoms with E-state index in [4.69, 9.17) is 0 Å². The Morgan fingerprint density at radius 3 is 1.03 bits per heavy atom. The molecule has 2 nitrogen and oxygen atoms in total. The molecule has 0 fully saturated rings. The van der Waals surface area contributed by atoms with Gasteiger partial charge in [-0.2, -0.15) is 4.58 Å². The number of aryl methyl sites for hydroxylation is 6. The standard InChI is InChI=1S/C108H153N2S7/c1-13-21-29-35-41-47-57-81-75-87(67-71-99-107(9,10)89-63-53-55-65-91(89)109(99)73-27-19-7)111-103(81)95-79-85(61-51-45-39-33-25-17-5)105(116-95)97-77-83(59-49-43-37-31-23-15-3)101(114-97)93-69-70-94(113-93)102-84(60-50-44-38-32-24-16-4)78-98(115-102)106-86(62-52-46-40-34-26-18-6)80-96(117-106)104-82(58-48-42-36-30-22-14-2)76-88(112-104)68-72-100-108(11,12)90-64-54-56-66-92(90)110(100)74-28-20-8/h53-56,63-72,75-80,99H,13-52,57-62,73-74H2,1-12H3/q+1/b71-67+,72-68+. The van der Waals surface area contributed by atoms with Crippen LogP contribution in [0.5, 0.6) is 0 Å². The van der Waals surface area contributed by atoms with Crippen molar-refractivity contribution in [2.75, 3.05) is 18.0 Å². The van der Waals surface area contributed by atoms with Gasteiger partial charge in [0.15, 0.2) is 5.71 Å². The van der Waals surface area contributed by atoms with Gasteiger partial charge in [0.2, 0.25) is 5.69 Å². The third-order valence-corrected chi connectivity index (χ3v) is 34.9. The quantitative estimate of drug-likeness (QED) is 0.0272. The van der Waals surface area contributed by atoms with Gasteiger partial charge < -0.3 is 4.90 Å². The highest BCUT2D eigenvalue weighted by Gasteiger charge is 2.45. The Bertz CT molecular complexity index is 4490. The highest BCUT2D eigenvalue weighted by molar-refractivity contribution is 7.31. The van der Waals surface area contributed by atoms with E-state index >= 15 is 0 Å². The smallest absolute Gasteiger partial charge is 0.209 e. The predicted molar refractivity (Wildman–Crippen MR) is 534 cm³/mol. The second kappa shape index (κ2) is 49.0. The van der Waals surface area contributed by atoms with Gasteiger partial charge >= 0.3 is 0 Å². The second-order valence-corrected chi connectivity index (χ2v) is 43.6. The van der Waals surface area contributed by atoms with E-state index in [-0.39, 0.29) is 10.8 Å². The van der Waals surface area contributed by atoms with Crippen LogP contribution in [0.4, 0.5) is 11.4 Å². The fraction of sp³-hybridized carbons (Fsp3) is 0.583. The molecule has 1 unspecified atom stereocenters. The summed E-state index contributed by atoms with van der Waals surface area (Å²) in [5, 5.41) is 0. The van der Waals surface area contributed by atoms with Gasteiger partial charge in [-0.05, 0) is 203 Å². The Balaban J connectivity index is 0.979. The monoisotopic (exact) mass is 1700 g/mol. The van der Waals surface area contributed by atoms with Gasteiger partial charge in [-0.25, -0.2) is 0 Å². The van der Waals surface area contributed by atoms with Gasteiger partial charge in [0.05, 0.1) is 11.5 Å². The summed E-state index contributed by atoms with van der Waals surface area (Å²) in [6, 6.07) is 40.1. The van der Waals surface area contributed by atoms with Crippen molar-refractivity contribution in [1.82, 2.24) is 0 Å². The van der Waals surface area contributed by atoms with Crippen molar-refractivity contribution in [2.24, 2.45) is 0 Å². The van der Waals surface area contributed by atoms with Crippen molar-refractivity contribution < 1.29 is 4.58 Å². The van der Waals surface area contributed by atoms with Crippen LogP contribution in [0.3, 0.4) is 0 Å². The maximum Gasteiger partial charge on any atom is 0.209 e. The highest BCUT2D eigenvalue weighted by Crippen LogP contribution is 2.54. The molecule has 2 aliphatic rings. The maximum atomic E-state index is 2.73. The zero-order valence-electron chi connectivity index (χ0n) is 75.3. The number of benzene rings is 2. The molecule has 0 saturated carbocycles. The van der Waals surface area contributed by atoms with Crippen molar-refractivity contribution in [1.29, 1.82) is 0 Å². The summed E-state index contributed by atoms with van der Waals surface area (Å²) >= 11 is 14.9. The molecule has 636 valence electrons. The van der Waals surface area contributed by atoms with Gasteiger partial charge in [-0.15, -0.1) is 79.4 Å². The molecule has 2 aromatic carbocycles. The minimum absolute atomic E-state index is 0.0236. The van der Waals surface area contributed by atoms with Crippen LogP contribution in [0.1, 0.15) is 394 Å². The highest BCUT2D eigenvalue weighted by atomic mass is 32.1. The number of allylic oxidation sites excluding steroid dienone is 1. The fourth-order valence-corrected chi connectivity index (χ4v) is 27.6. The SMILES string of the molecule is CCCCCCCCc1cc(/C=C/C2=[N+](CCCC)c3ccccc3C2(C)C)sc1-c1cc(CCCCCCCC)c(-c2cc(CCCCCCCC)c(-c3ccc(-c4sc(-c5sc(-c6sc(/C=C/C7N(CCCC)c8ccccc8C7(C)C)cc6CCCCCCCC)cc5CCCCCCCC)cc4CCCCCCCC)s3)s2)s1. The number of unbranched alkanes of at least 4 members (excludes halogenated alkanes) is 32. The molecule has 0 spiro atoms. The van der Waals surface area contributed by atoms with Crippen LogP contribution in [-0.2, 0) is 49.4 Å². The summed E-state index contributed by atoms with van der Waals surface area (Å²) in [6.07, 6.45) is 69.4. The molecule has 0 aliphatic carbocycles. The molecule has 11 rings (SSSR count). The van der Waals surface area contributed by atoms with Gasteiger partial charge in [-0.3, -0.25) is 0 Å². The number of fused-ring (bicyclic) bond motifs is 2. The maximum absolute atomic E-state index is 2.73. The minimum atomic E-state index is -0.0593. The van der Waals surface area contributed by atoms with Gasteiger partial charge in [0.1, 0.15) is 6.54 Å². The first-order valence-corrected chi connectivity index (χ1v) is 53.8. The van der Waals surface area contributed by atoms with Crippen molar-refractivity contribution in [3.8, 4) is 58.5 Å². The van der Waals surface area contributed by atoms with Gasteiger partial charge in [0, 0.05) is 110 Å². The normalized spacial score (nSPS) is 14.5. The van der Waals surface area contributed by atoms with Crippen LogP contribution in [0, 0.1) is 0 Å². The molecule has 0 saturated heterocycles. The van der Waals surface area contributed by atoms with E-state index in [9.17, 15) is 0 Å². The lowest BCUT2D eigenvalue weighted by atomic mass is 9.80. The van der Waals surface area contributed by atoms with Gasteiger partial charge in [0.25, 0.3) is 0 Å². The number of para-hydroxylation sites is 2. The summed E-state index contributed by atoms with van der Waals surface area (Å²) < 4.78 is 2.65. The predicted octanol–water partition coefficient (Wildman–Crippen LogP) is 37.4. The van der Waals surface area contributed by atoms with Gasteiger partial charge in [-0.1, -0.05) is 317 Å². The lowest BCUT2D eigenvalue weighted by Crippen LogP contribution is -2.40. The molecule has 7 aromatic heterocycles. The number of rotatable bonds is 58. The number of thiophene rings is 7. The molecule has 1 atom stereocenters. The average Bonchev–Trinajstić information content (AvgIpc) is 1.58. The fourth-order valence-electron chi connectivity index (χ4n) is 18.7. The molecule has 0 bridgehead atoms. The molecular formula is C108H153N2S7+. The van der Waals surface area contributed by atoms with Crippen LogP contribution in [-0.4, -0.2) is 29.4 Å². The molecule has 0 N–H and O–H groups in total. The van der Waals surface area contributed by atoms with Crippen LogP contribution in [0.2, 0.25) is 0 Å². The number of hydrogen-bond donors (Lipinski definition) is 0.